The summed E-state index contributed by atoms with van der Waals surface area (Å²) in [5, 5.41) is 16.0. The van der Waals surface area contributed by atoms with Crippen LogP contribution in [0.5, 0.6) is 0 Å². The first-order chi connectivity index (χ1) is 16.5. The van der Waals surface area contributed by atoms with E-state index in [0.29, 0.717) is 16.8 Å². The average molecular weight is 489 g/mol. The molecule has 0 saturated heterocycles. The first-order valence-electron chi connectivity index (χ1n) is 10.1. The molecule has 3 aromatic rings. The van der Waals surface area contributed by atoms with Crippen LogP contribution in [0.3, 0.4) is 0 Å². The summed E-state index contributed by atoms with van der Waals surface area (Å²) < 4.78 is 44.7. The molecule has 0 bridgehead atoms. The number of anilines is 2. The molecule has 4 rings (SSSR count). The van der Waals surface area contributed by atoms with Crippen molar-refractivity contribution in [3.05, 3.63) is 94.8 Å². The number of benzene rings is 3. The molecule has 0 aliphatic carbocycles. The van der Waals surface area contributed by atoms with Gasteiger partial charge >= 0.3 is 12.1 Å². The molecule has 1 aliphatic heterocycles. The maximum absolute atomic E-state index is 13.0. The van der Waals surface area contributed by atoms with Crippen LogP contribution < -0.4 is 16.0 Å². The van der Waals surface area contributed by atoms with E-state index in [1.807, 2.05) is 18.2 Å². The fourth-order valence-corrected chi connectivity index (χ4v) is 3.12. The summed E-state index contributed by atoms with van der Waals surface area (Å²) in [6.45, 7) is 1.64. The van der Waals surface area contributed by atoms with E-state index in [9.17, 15) is 27.2 Å². The first-order valence-corrected chi connectivity index (χ1v) is 10.1. The number of aliphatic carboxylic acids is 1. The Hall–Kier alpha value is -4.25. The van der Waals surface area contributed by atoms with Crippen LogP contribution >= 0.6 is 0 Å². The van der Waals surface area contributed by atoms with Crippen LogP contribution in [0.25, 0.3) is 0 Å². The normalized spacial score (nSPS) is 12.1. The number of hydrogen-bond donors (Lipinski definition) is 4. The summed E-state index contributed by atoms with van der Waals surface area (Å²) in [6, 6.07) is 17.8. The number of rotatable bonds is 4. The highest BCUT2D eigenvalue weighted by atomic mass is 19.4. The van der Waals surface area contributed by atoms with E-state index in [1.54, 1.807) is 24.3 Å². The van der Waals surface area contributed by atoms with Crippen LogP contribution in [0.1, 0.15) is 31.8 Å². The number of amides is 2. The lowest BCUT2D eigenvalue weighted by atomic mass is 10.1. The van der Waals surface area contributed by atoms with Gasteiger partial charge in [0.1, 0.15) is 5.82 Å². The van der Waals surface area contributed by atoms with Crippen LogP contribution in [-0.4, -0.2) is 29.1 Å². The molecule has 0 fully saturated rings. The Labute approximate surface area is 196 Å². The van der Waals surface area contributed by atoms with Gasteiger partial charge in [0.25, 0.3) is 11.8 Å². The molecule has 7 nitrogen and oxygen atoms in total. The minimum atomic E-state index is -5.08. The summed E-state index contributed by atoms with van der Waals surface area (Å²) in [4.78, 5) is 33.7. The lowest BCUT2D eigenvalue weighted by Gasteiger charge is -2.09. The van der Waals surface area contributed by atoms with Gasteiger partial charge in [-0.2, -0.15) is 13.2 Å². The van der Waals surface area contributed by atoms with Crippen LogP contribution in [0.4, 0.5) is 28.9 Å². The van der Waals surface area contributed by atoms with Crippen LogP contribution in [-0.2, 0) is 17.9 Å². The Morgan fingerprint density at radius 3 is 1.97 bits per heavy atom. The second-order valence-corrected chi connectivity index (χ2v) is 7.39. The summed E-state index contributed by atoms with van der Waals surface area (Å²) in [5.41, 5.74) is 4.40. The topological polar surface area (TPSA) is 108 Å². The number of hydrogen-bond acceptors (Lipinski definition) is 4. The molecule has 1 heterocycles. The van der Waals surface area contributed by atoms with Gasteiger partial charge in [-0.1, -0.05) is 12.1 Å². The SMILES string of the molecule is O=C(Nc1cccc(C(=O)Nc2ccc3c(c2)CNC3)c1)c1ccc(F)cc1.O=C(O)C(F)(F)F. The molecule has 1 aliphatic rings. The van der Waals surface area contributed by atoms with E-state index >= 15 is 0 Å². The predicted octanol–water partition coefficient (Wildman–Crippen LogP) is 4.57. The number of nitrogens with one attached hydrogen (secondary N) is 3. The van der Waals surface area contributed by atoms with E-state index in [-0.39, 0.29) is 11.8 Å². The van der Waals surface area contributed by atoms with Gasteiger partial charge in [0.15, 0.2) is 0 Å². The van der Waals surface area contributed by atoms with Gasteiger partial charge in [0.05, 0.1) is 0 Å². The number of carbonyl (C=O) groups is 3. The quantitative estimate of drug-likeness (QED) is 0.402. The zero-order valence-corrected chi connectivity index (χ0v) is 17.9. The Morgan fingerprint density at radius 2 is 1.34 bits per heavy atom. The molecule has 0 aromatic heterocycles. The fourth-order valence-electron chi connectivity index (χ4n) is 3.12. The second kappa shape index (κ2) is 10.8. The Bertz CT molecular complexity index is 1240. The minimum absolute atomic E-state index is 0.260. The molecular formula is C24H19F4N3O4. The maximum atomic E-state index is 13.0. The molecular weight excluding hydrogens is 470 g/mol. The highest BCUT2D eigenvalue weighted by molar-refractivity contribution is 6.07. The number of carboxylic acids is 1. The smallest absolute Gasteiger partial charge is 0.475 e. The van der Waals surface area contributed by atoms with Gasteiger partial charge in [-0.3, -0.25) is 9.59 Å². The Morgan fingerprint density at radius 1 is 0.771 bits per heavy atom. The van der Waals surface area contributed by atoms with E-state index < -0.39 is 18.0 Å². The van der Waals surface area contributed by atoms with Crippen molar-refractivity contribution < 1.29 is 37.1 Å². The van der Waals surface area contributed by atoms with E-state index in [1.165, 1.54) is 35.4 Å². The summed E-state index contributed by atoms with van der Waals surface area (Å²) in [7, 11) is 0. The number of halogens is 4. The van der Waals surface area contributed by atoms with Gasteiger partial charge in [-0.05, 0) is 65.7 Å². The third-order valence-corrected chi connectivity index (χ3v) is 4.83. The molecule has 0 radical (unpaired) electrons. The maximum Gasteiger partial charge on any atom is 0.490 e. The second-order valence-electron chi connectivity index (χ2n) is 7.39. The average Bonchev–Trinajstić information content (AvgIpc) is 3.27. The van der Waals surface area contributed by atoms with Crippen LogP contribution in [0.15, 0.2) is 66.7 Å². The molecule has 0 saturated carbocycles. The third-order valence-electron chi connectivity index (χ3n) is 4.83. The summed E-state index contributed by atoms with van der Waals surface area (Å²) >= 11 is 0. The van der Waals surface area contributed by atoms with Crippen molar-refractivity contribution in [3.8, 4) is 0 Å². The van der Waals surface area contributed by atoms with Crippen LogP contribution in [0.2, 0.25) is 0 Å². The van der Waals surface area contributed by atoms with Crippen molar-refractivity contribution in [2.75, 3.05) is 10.6 Å². The molecule has 0 unspecified atom stereocenters. The van der Waals surface area contributed by atoms with E-state index in [0.717, 1.165) is 18.8 Å². The first kappa shape index (κ1) is 25.4. The van der Waals surface area contributed by atoms with Gasteiger partial charge in [-0.15, -0.1) is 0 Å². The summed E-state index contributed by atoms with van der Waals surface area (Å²) in [6.07, 6.45) is -5.08. The monoisotopic (exact) mass is 489 g/mol. The minimum Gasteiger partial charge on any atom is -0.475 e. The Balaban J connectivity index is 0.000000429. The number of fused-ring (bicyclic) bond motifs is 1. The van der Waals surface area contributed by atoms with E-state index in [2.05, 4.69) is 16.0 Å². The van der Waals surface area contributed by atoms with Gasteiger partial charge in [0, 0.05) is 35.6 Å². The van der Waals surface area contributed by atoms with Gasteiger partial charge < -0.3 is 21.1 Å². The summed E-state index contributed by atoms with van der Waals surface area (Å²) in [5.74, 6) is -3.79. The highest BCUT2D eigenvalue weighted by Gasteiger charge is 2.38. The molecule has 4 N–H and O–H groups in total. The molecule has 3 aromatic carbocycles. The van der Waals surface area contributed by atoms with Gasteiger partial charge in [0.2, 0.25) is 0 Å². The van der Waals surface area contributed by atoms with Gasteiger partial charge in [-0.25, -0.2) is 9.18 Å². The van der Waals surface area contributed by atoms with Crippen molar-refractivity contribution in [2.45, 2.75) is 19.3 Å². The van der Waals surface area contributed by atoms with Crippen molar-refractivity contribution in [2.24, 2.45) is 0 Å². The lowest BCUT2D eigenvalue weighted by molar-refractivity contribution is -0.192. The number of carbonyl (C=O) groups excluding carboxylic acids is 2. The zero-order valence-electron chi connectivity index (χ0n) is 17.9. The van der Waals surface area contributed by atoms with Crippen molar-refractivity contribution >= 4 is 29.2 Å². The third kappa shape index (κ3) is 7.11. The number of alkyl halides is 3. The number of carboxylic acid groups (broad SMARTS) is 1. The van der Waals surface area contributed by atoms with Crippen molar-refractivity contribution in [3.63, 3.8) is 0 Å². The molecule has 0 atom stereocenters. The molecule has 35 heavy (non-hydrogen) atoms. The largest absolute Gasteiger partial charge is 0.490 e. The standard InChI is InChI=1S/C22H18FN3O2.C2HF3O2/c23-18-7-4-14(5-8-18)21(27)25-19-3-1-2-15(10-19)22(28)26-20-9-6-16-12-24-13-17(16)11-20;3-2(4,5)1(6)7/h1-11,24H,12-13H2,(H,25,27)(H,26,28);(H,6,7). The predicted molar refractivity (Wildman–Crippen MR) is 119 cm³/mol. The Kier molecular flexibility index (Phi) is 7.82. The molecule has 2 amide bonds. The van der Waals surface area contributed by atoms with Crippen molar-refractivity contribution in [1.29, 1.82) is 0 Å². The molecule has 182 valence electrons. The lowest BCUT2D eigenvalue weighted by Crippen LogP contribution is -2.21. The molecule has 11 heteroatoms. The highest BCUT2D eigenvalue weighted by Crippen LogP contribution is 2.21. The zero-order chi connectivity index (χ0) is 25.6. The molecule has 0 spiro atoms. The van der Waals surface area contributed by atoms with Crippen molar-refractivity contribution in [1.82, 2.24) is 5.32 Å². The van der Waals surface area contributed by atoms with Crippen LogP contribution in [0, 0.1) is 5.82 Å². The fraction of sp³-hybridized carbons (Fsp3) is 0.125. The van der Waals surface area contributed by atoms with E-state index in [4.69, 9.17) is 9.90 Å².